The number of amides is 1. The summed E-state index contributed by atoms with van der Waals surface area (Å²) in [5.41, 5.74) is 3.30. The average Bonchev–Trinajstić information content (AvgIpc) is 3.31. The van der Waals surface area contributed by atoms with Gasteiger partial charge in [-0.2, -0.15) is 0 Å². The zero-order valence-electron chi connectivity index (χ0n) is 20.9. The number of methoxy groups -OCH3 is 2. The van der Waals surface area contributed by atoms with Gasteiger partial charge in [0, 0.05) is 44.0 Å². The van der Waals surface area contributed by atoms with Crippen molar-refractivity contribution in [3.63, 3.8) is 0 Å². The number of benzene rings is 2. The molecule has 1 fully saturated rings. The molecule has 7 nitrogen and oxygen atoms in total. The third kappa shape index (κ3) is 5.85. The summed E-state index contributed by atoms with van der Waals surface area (Å²) in [6, 6.07) is 17.7. The largest absolute Gasteiger partial charge is 0.497 e. The highest BCUT2D eigenvalue weighted by atomic mass is 16.5. The third-order valence-corrected chi connectivity index (χ3v) is 6.61. The molecule has 186 valence electrons. The van der Waals surface area contributed by atoms with E-state index in [9.17, 15) is 4.79 Å². The van der Waals surface area contributed by atoms with Crippen LogP contribution in [-0.4, -0.2) is 55.9 Å². The Morgan fingerprint density at radius 2 is 1.97 bits per heavy atom. The molecule has 1 amide bonds. The number of anilines is 1. The maximum Gasteiger partial charge on any atom is 0.254 e. The second-order valence-corrected chi connectivity index (χ2v) is 9.02. The Morgan fingerprint density at radius 1 is 1.14 bits per heavy atom. The Morgan fingerprint density at radius 3 is 2.71 bits per heavy atom. The summed E-state index contributed by atoms with van der Waals surface area (Å²) in [4.78, 5) is 17.9. The quantitative estimate of drug-likeness (QED) is 0.364. The van der Waals surface area contributed by atoms with Gasteiger partial charge in [0.1, 0.15) is 11.4 Å². The van der Waals surface area contributed by atoms with E-state index >= 15 is 0 Å². The van der Waals surface area contributed by atoms with Crippen molar-refractivity contribution in [3.05, 3.63) is 65.7 Å². The van der Waals surface area contributed by atoms with Crippen LogP contribution in [0.25, 0.3) is 11.3 Å². The summed E-state index contributed by atoms with van der Waals surface area (Å²) in [7, 11) is 3.28. The van der Waals surface area contributed by atoms with Crippen LogP contribution < -0.4 is 9.64 Å². The SMILES string of the molecule is COCCCN(Cc1c(-c2ccccc2)noc1N1CCCCC1C)C(=O)c1cccc(OC)c1. The topological polar surface area (TPSA) is 68.0 Å². The van der Waals surface area contributed by atoms with Crippen LogP contribution in [0, 0.1) is 0 Å². The number of carbonyl (C=O) groups excluding carboxylic acids is 1. The molecule has 35 heavy (non-hydrogen) atoms. The van der Waals surface area contributed by atoms with Crippen molar-refractivity contribution < 1.29 is 18.8 Å². The maximum atomic E-state index is 13.7. The molecule has 4 rings (SSSR count). The number of piperidine rings is 1. The van der Waals surface area contributed by atoms with Crippen LogP contribution in [0.3, 0.4) is 0 Å². The summed E-state index contributed by atoms with van der Waals surface area (Å²) in [6.07, 6.45) is 4.17. The fraction of sp³-hybridized carbons (Fsp3) is 0.429. The highest BCUT2D eigenvalue weighted by molar-refractivity contribution is 5.94. The van der Waals surface area contributed by atoms with E-state index in [0.717, 1.165) is 48.5 Å². The normalized spacial score (nSPS) is 15.7. The zero-order chi connectivity index (χ0) is 24.6. The molecule has 1 aliphatic rings. The highest BCUT2D eigenvalue weighted by Gasteiger charge is 2.30. The Bertz CT molecular complexity index is 1100. The molecule has 1 saturated heterocycles. The highest BCUT2D eigenvalue weighted by Crippen LogP contribution is 2.35. The van der Waals surface area contributed by atoms with Crippen LogP contribution in [0.4, 0.5) is 5.88 Å². The Hall–Kier alpha value is -3.32. The van der Waals surface area contributed by atoms with E-state index in [1.54, 1.807) is 20.3 Å². The summed E-state index contributed by atoms with van der Waals surface area (Å²) < 4.78 is 16.6. The Kier molecular flexibility index (Phi) is 8.42. The van der Waals surface area contributed by atoms with Gasteiger partial charge in [0.15, 0.2) is 0 Å². The lowest BCUT2D eigenvalue weighted by Gasteiger charge is -2.34. The lowest BCUT2D eigenvalue weighted by atomic mass is 10.0. The van der Waals surface area contributed by atoms with E-state index in [2.05, 4.69) is 17.0 Å². The van der Waals surface area contributed by atoms with Gasteiger partial charge < -0.3 is 23.8 Å². The van der Waals surface area contributed by atoms with E-state index in [4.69, 9.17) is 14.0 Å². The first-order valence-electron chi connectivity index (χ1n) is 12.3. The van der Waals surface area contributed by atoms with Crippen molar-refractivity contribution in [2.24, 2.45) is 0 Å². The van der Waals surface area contributed by atoms with Gasteiger partial charge >= 0.3 is 0 Å². The number of rotatable bonds is 10. The molecule has 1 atom stereocenters. The fourth-order valence-corrected chi connectivity index (χ4v) is 4.67. The van der Waals surface area contributed by atoms with Crippen LogP contribution in [0.1, 0.15) is 48.5 Å². The van der Waals surface area contributed by atoms with Crippen molar-refractivity contribution in [2.45, 2.75) is 45.2 Å². The first-order chi connectivity index (χ1) is 17.1. The molecule has 1 aliphatic heterocycles. The van der Waals surface area contributed by atoms with Gasteiger partial charge in [0.05, 0.1) is 19.2 Å². The van der Waals surface area contributed by atoms with E-state index in [0.29, 0.717) is 37.1 Å². The molecule has 2 heterocycles. The van der Waals surface area contributed by atoms with Gasteiger partial charge in [-0.15, -0.1) is 0 Å². The number of hydrogen-bond acceptors (Lipinski definition) is 6. The van der Waals surface area contributed by atoms with Crippen LogP contribution in [0.15, 0.2) is 59.1 Å². The lowest BCUT2D eigenvalue weighted by Crippen LogP contribution is -2.38. The molecule has 1 aromatic heterocycles. The van der Waals surface area contributed by atoms with Crippen molar-refractivity contribution in [1.29, 1.82) is 0 Å². The molecule has 0 saturated carbocycles. The molecule has 2 aromatic carbocycles. The molecule has 0 bridgehead atoms. The molecule has 1 unspecified atom stereocenters. The molecular formula is C28H35N3O4. The standard InChI is InChI=1S/C28H35N3O4/c1-21-11-7-8-17-31(21)28-25(26(29-35-28)22-12-5-4-6-13-22)20-30(16-10-18-33-2)27(32)23-14-9-15-24(19-23)34-3/h4-6,9,12-15,19,21H,7-8,10-11,16-18,20H2,1-3H3. The number of hydrogen-bond donors (Lipinski definition) is 0. The summed E-state index contributed by atoms with van der Waals surface area (Å²) >= 11 is 0. The summed E-state index contributed by atoms with van der Waals surface area (Å²) in [6.45, 7) is 4.67. The number of aromatic nitrogens is 1. The smallest absolute Gasteiger partial charge is 0.254 e. The molecule has 0 aliphatic carbocycles. The van der Waals surface area contributed by atoms with Gasteiger partial charge in [0.25, 0.3) is 5.91 Å². The first-order valence-corrected chi connectivity index (χ1v) is 12.3. The van der Waals surface area contributed by atoms with Crippen molar-refractivity contribution in [1.82, 2.24) is 10.1 Å². The van der Waals surface area contributed by atoms with Gasteiger partial charge in [0.2, 0.25) is 5.88 Å². The molecule has 0 spiro atoms. The van der Waals surface area contributed by atoms with Crippen molar-refractivity contribution >= 4 is 11.8 Å². The zero-order valence-corrected chi connectivity index (χ0v) is 20.9. The minimum atomic E-state index is -0.0575. The third-order valence-electron chi connectivity index (χ3n) is 6.61. The van der Waals surface area contributed by atoms with Crippen molar-refractivity contribution in [3.8, 4) is 17.0 Å². The monoisotopic (exact) mass is 477 g/mol. The van der Waals surface area contributed by atoms with Gasteiger partial charge in [-0.3, -0.25) is 4.79 Å². The van der Waals surface area contributed by atoms with Crippen LogP contribution in [0.2, 0.25) is 0 Å². The van der Waals surface area contributed by atoms with E-state index in [1.165, 1.54) is 6.42 Å². The van der Waals surface area contributed by atoms with Crippen molar-refractivity contribution in [2.75, 3.05) is 38.8 Å². The molecule has 3 aromatic rings. The number of ether oxygens (including phenoxy) is 2. The summed E-state index contributed by atoms with van der Waals surface area (Å²) in [5.74, 6) is 1.37. The van der Waals surface area contributed by atoms with Gasteiger partial charge in [-0.25, -0.2) is 0 Å². The van der Waals surface area contributed by atoms with Crippen LogP contribution in [-0.2, 0) is 11.3 Å². The fourth-order valence-electron chi connectivity index (χ4n) is 4.67. The van der Waals surface area contributed by atoms with Gasteiger partial charge in [-0.1, -0.05) is 41.6 Å². The van der Waals surface area contributed by atoms with E-state index < -0.39 is 0 Å². The molecular weight excluding hydrogens is 442 g/mol. The minimum absolute atomic E-state index is 0.0575. The van der Waals surface area contributed by atoms with E-state index in [1.807, 2.05) is 53.4 Å². The predicted molar refractivity (Wildman–Crippen MR) is 137 cm³/mol. The number of nitrogens with zero attached hydrogens (tertiary/aromatic N) is 3. The minimum Gasteiger partial charge on any atom is -0.497 e. The second kappa shape index (κ2) is 11.9. The van der Waals surface area contributed by atoms with Crippen LogP contribution in [0.5, 0.6) is 5.75 Å². The molecule has 7 heteroatoms. The Balaban J connectivity index is 1.72. The maximum absolute atomic E-state index is 13.7. The van der Waals surface area contributed by atoms with E-state index in [-0.39, 0.29) is 5.91 Å². The molecule has 0 N–H and O–H groups in total. The van der Waals surface area contributed by atoms with Crippen LogP contribution >= 0.6 is 0 Å². The lowest BCUT2D eigenvalue weighted by molar-refractivity contribution is 0.0723. The predicted octanol–water partition coefficient (Wildman–Crippen LogP) is 5.41. The number of carbonyl (C=O) groups is 1. The van der Waals surface area contributed by atoms with Gasteiger partial charge in [-0.05, 0) is 50.8 Å². The Labute approximate surface area is 207 Å². The summed E-state index contributed by atoms with van der Waals surface area (Å²) in [5, 5.41) is 4.51. The molecule has 0 radical (unpaired) electrons. The second-order valence-electron chi connectivity index (χ2n) is 9.02. The first kappa shape index (κ1) is 24.8. The average molecular weight is 478 g/mol.